The van der Waals surface area contributed by atoms with Gasteiger partial charge in [0, 0.05) is 23.4 Å². The van der Waals surface area contributed by atoms with Gasteiger partial charge in [-0.2, -0.15) is 0 Å². The van der Waals surface area contributed by atoms with Crippen molar-refractivity contribution in [3.8, 4) is 11.6 Å². The van der Waals surface area contributed by atoms with Crippen LogP contribution >= 0.6 is 7.60 Å². The third-order valence-corrected chi connectivity index (χ3v) is 3.34. The number of nitrogens with zero attached hydrogens (tertiary/aromatic N) is 1. The van der Waals surface area contributed by atoms with Gasteiger partial charge in [-0.1, -0.05) is 18.9 Å². The van der Waals surface area contributed by atoms with Gasteiger partial charge in [0.25, 0.3) is 5.69 Å². The number of hydrogen-bond donors (Lipinski definition) is 1. The number of nitro benzene ring substituents is 1. The molecule has 0 aliphatic heterocycles. The Morgan fingerprint density at radius 3 is 2.84 bits per heavy atom. The molecular weight excluding hydrogens is 269 g/mol. The van der Waals surface area contributed by atoms with E-state index in [2.05, 4.69) is 11.6 Å². The topological polar surface area (TPSA) is 89.7 Å². The van der Waals surface area contributed by atoms with E-state index < -0.39 is 12.5 Å². The molecule has 1 aromatic carbocycles. The van der Waals surface area contributed by atoms with Crippen LogP contribution in [0.25, 0.3) is 0 Å². The summed E-state index contributed by atoms with van der Waals surface area (Å²) in [5, 5.41) is 10.6. The Hall–Kier alpha value is -1.67. The lowest BCUT2D eigenvalue weighted by molar-refractivity contribution is -0.384. The molecule has 0 radical (unpaired) electrons. The van der Waals surface area contributed by atoms with E-state index in [1.54, 1.807) is 6.92 Å². The van der Waals surface area contributed by atoms with Crippen LogP contribution in [0.1, 0.15) is 25.8 Å². The average Bonchev–Trinajstić information content (AvgIpc) is 2.36. The second-order valence-electron chi connectivity index (χ2n) is 3.89. The van der Waals surface area contributed by atoms with Crippen LogP contribution in [0.4, 0.5) is 5.69 Å². The van der Waals surface area contributed by atoms with E-state index in [0.717, 1.165) is 0 Å². The van der Waals surface area contributed by atoms with Crippen LogP contribution in [-0.2, 0) is 9.09 Å². The molecule has 1 N–H and O–H groups in total. The van der Waals surface area contributed by atoms with Gasteiger partial charge < -0.3 is 4.89 Å². The summed E-state index contributed by atoms with van der Waals surface area (Å²) >= 11 is 0. The van der Waals surface area contributed by atoms with Gasteiger partial charge in [-0.3, -0.25) is 14.6 Å². The molecule has 6 nitrogen and oxygen atoms in total. The summed E-state index contributed by atoms with van der Waals surface area (Å²) in [6, 6.07) is 5.53. The highest BCUT2D eigenvalue weighted by Crippen LogP contribution is 2.42. The summed E-state index contributed by atoms with van der Waals surface area (Å²) in [6.07, 6.45) is 0.207. The molecule has 19 heavy (non-hydrogen) atoms. The van der Waals surface area contributed by atoms with Gasteiger partial charge >= 0.3 is 7.60 Å². The van der Waals surface area contributed by atoms with Gasteiger partial charge in [0.2, 0.25) is 0 Å². The first-order valence-corrected chi connectivity index (χ1v) is 7.20. The van der Waals surface area contributed by atoms with Crippen molar-refractivity contribution in [2.45, 2.75) is 26.4 Å². The standard InChI is InChI=1S/C12H14NO5P/c1-3-10(2)18-19(16,17)8-7-11-5-4-6-12(9-11)13(14)15/h4-6,9-10H,3H2,1-2H3,(H,16,17). The van der Waals surface area contributed by atoms with Crippen LogP contribution in [-0.4, -0.2) is 15.9 Å². The lowest BCUT2D eigenvalue weighted by atomic mass is 10.2. The van der Waals surface area contributed by atoms with Crippen LogP contribution in [0.15, 0.2) is 24.3 Å². The lowest BCUT2D eigenvalue weighted by Gasteiger charge is -2.11. The highest BCUT2D eigenvalue weighted by molar-refractivity contribution is 7.58. The fraction of sp³-hybridized carbons (Fsp3) is 0.333. The van der Waals surface area contributed by atoms with Crippen LogP contribution < -0.4 is 0 Å². The second-order valence-corrected chi connectivity index (χ2v) is 5.36. The van der Waals surface area contributed by atoms with E-state index in [-0.39, 0.29) is 17.4 Å². The predicted octanol–water partition coefficient (Wildman–Crippen LogP) is 2.90. The molecule has 0 spiro atoms. The molecule has 0 saturated heterocycles. The van der Waals surface area contributed by atoms with E-state index in [4.69, 9.17) is 4.52 Å². The molecule has 102 valence electrons. The van der Waals surface area contributed by atoms with Crippen molar-refractivity contribution in [3.05, 3.63) is 39.9 Å². The Balaban J connectivity index is 2.91. The van der Waals surface area contributed by atoms with Crippen molar-refractivity contribution in [1.82, 2.24) is 0 Å². The Bertz CT molecular complexity index is 575. The molecule has 0 aliphatic rings. The zero-order chi connectivity index (χ0) is 14.5. The van der Waals surface area contributed by atoms with Crippen LogP contribution in [0.3, 0.4) is 0 Å². The molecule has 0 aromatic heterocycles. The maximum absolute atomic E-state index is 11.6. The molecule has 0 amide bonds. The Morgan fingerprint density at radius 1 is 1.58 bits per heavy atom. The third-order valence-electron chi connectivity index (χ3n) is 2.30. The van der Waals surface area contributed by atoms with Crippen molar-refractivity contribution in [2.75, 3.05) is 0 Å². The zero-order valence-electron chi connectivity index (χ0n) is 10.6. The fourth-order valence-corrected chi connectivity index (χ4v) is 2.14. The Morgan fingerprint density at radius 2 is 2.26 bits per heavy atom. The largest absolute Gasteiger partial charge is 0.403 e. The van der Waals surface area contributed by atoms with E-state index in [1.165, 1.54) is 24.3 Å². The minimum Gasteiger partial charge on any atom is -0.315 e. The van der Waals surface area contributed by atoms with E-state index in [9.17, 15) is 19.6 Å². The first kappa shape index (κ1) is 15.4. The second kappa shape index (κ2) is 6.48. The van der Waals surface area contributed by atoms with Crippen LogP contribution in [0.5, 0.6) is 0 Å². The number of nitro groups is 1. The SMILES string of the molecule is CCC(C)OP(=O)(O)C#Cc1cccc([N+](=O)[O-])c1. The molecule has 0 aliphatic carbocycles. The summed E-state index contributed by atoms with van der Waals surface area (Å²) in [4.78, 5) is 19.5. The maximum atomic E-state index is 11.6. The monoisotopic (exact) mass is 283 g/mol. The van der Waals surface area contributed by atoms with Gasteiger partial charge in [0.05, 0.1) is 11.0 Å². The summed E-state index contributed by atoms with van der Waals surface area (Å²) in [5.74, 6) is 2.42. The van der Waals surface area contributed by atoms with Gasteiger partial charge in [-0.05, 0) is 19.4 Å². The van der Waals surface area contributed by atoms with E-state index in [1.807, 2.05) is 6.92 Å². The molecule has 0 fully saturated rings. The minimum atomic E-state index is -4.00. The number of benzene rings is 1. The third kappa shape index (κ3) is 5.23. The molecule has 7 heteroatoms. The summed E-state index contributed by atoms with van der Waals surface area (Å²) in [6.45, 7) is 3.48. The van der Waals surface area contributed by atoms with Gasteiger partial charge in [0.1, 0.15) is 0 Å². The Labute approximate surface area is 111 Å². The normalized spacial score (nSPS) is 14.9. The molecule has 2 unspecified atom stereocenters. The summed E-state index contributed by atoms with van der Waals surface area (Å²) < 4.78 is 16.5. The van der Waals surface area contributed by atoms with Crippen molar-refractivity contribution in [1.29, 1.82) is 0 Å². The molecule has 1 aromatic rings. The lowest BCUT2D eigenvalue weighted by Crippen LogP contribution is -2.03. The fourth-order valence-electron chi connectivity index (χ4n) is 1.18. The quantitative estimate of drug-likeness (QED) is 0.397. The van der Waals surface area contributed by atoms with E-state index in [0.29, 0.717) is 6.42 Å². The van der Waals surface area contributed by atoms with Crippen LogP contribution in [0, 0.1) is 21.7 Å². The minimum absolute atomic E-state index is 0.123. The van der Waals surface area contributed by atoms with E-state index >= 15 is 0 Å². The first-order valence-electron chi connectivity index (χ1n) is 5.63. The molecule has 2 atom stereocenters. The highest BCUT2D eigenvalue weighted by atomic mass is 31.2. The van der Waals surface area contributed by atoms with Crippen molar-refractivity contribution >= 4 is 13.3 Å². The van der Waals surface area contributed by atoms with Crippen molar-refractivity contribution in [3.63, 3.8) is 0 Å². The van der Waals surface area contributed by atoms with Gasteiger partial charge in [0.15, 0.2) is 0 Å². The highest BCUT2D eigenvalue weighted by Gasteiger charge is 2.18. The molecule has 0 heterocycles. The number of rotatable bonds is 4. The number of hydrogen-bond acceptors (Lipinski definition) is 4. The van der Waals surface area contributed by atoms with Crippen molar-refractivity contribution in [2.24, 2.45) is 0 Å². The van der Waals surface area contributed by atoms with Gasteiger partial charge in [-0.25, -0.2) is 4.57 Å². The van der Waals surface area contributed by atoms with Crippen molar-refractivity contribution < 1.29 is 18.9 Å². The predicted molar refractivity (Wildman–Crippen MR) is 70.6 cm³/mol. The molecule has 0 bridgehead atoms. The summed E-state index contributed by atoms with van der Waals surface area (Å²) in [5.41, 5.74) is 2.29. The first-order chi connectivity index (χ1) is 8.84. The van der Waals surface area contributed by atoms with Crippen LogP contribution in [0.2, 0.25) is 0 Å². The Kier molecular flexibility index (Phi) is 5.25. The molecule has 0 saturated carbocycles. The molecule has 1 rings (SSSR count). The molecular formula is C12H14NO5P. The van der Waals surface area contributed by atoms with Gasteiger partial charge in [-0.15, -0.1) is 0 Å². The smallest absolute Gasteiger partial charge is 0.315 e. The zero-order valence-corrected chi connectivity index (χ0v) is 11.5. The maximum Gasteiger partial charge on any atom is 0.403 e. The summed E-state index contributed by atoms with van der Waals surface area (Å²) in [7, 11) is -4.00. The number of non-ortho nitro benzene ring substituents is 1. The average molecular weight is 283 g/mol.